The highest BCUT2D eigenvalue weighted by Crippen LogP contribution is 2.25. The van der Waals surface area contributed by atoms with E-state index in [1.54, 1.807) is 30.3 Å². The van der Waals surface area contributed by atoms with E-state index >= 15 is 0 Å². The Morgan fingerprint density at radius 1 is 1.33 bits per heavy atom. The topological polar surface area (TPSA) is 88.1 Å². The van der Waals surface area contributed by atoms with Gasteiger partial charge in [0, 0.05) is 4.47 Å². The zero-order valence-corrected chi connectivity index (χ0v) is 12.8. The van der Waals surface area contributed by atoms with Crippen LogP contribution in [0.5, 0.6) is 5.75 Å². The van der Waals surface area contributed by atoms with Crippen LogP contribution in [0.15, 0.2) is 40.9 Å². The number of anilines is 2. The third kappa shape index (κ3) is 3.33. The third-order valence-electron chi connectivity index (χ3n) is 2.85. The quantitative estimate of drug-likeness (QED) is 0.836. The summed E-state index contributed by atoms with van der Waals surface area (Å²) in [6.45, 7) is 0. The van der Waals surface area contributed by atoms with E-state index in [1.165, 1.54) is 13.2 Å². The number of halogens is 1. The molecule has 5 nitrogen and oxygen atoms in total. The van der Waals surface area contributed by atoms with Crippen molar-refractivity contribution in [1.82, 2.24) is 0 Å². The van der Waals surface area contributed by atoms with Gasteiger partial charge in [0.25, 0.3) is 5.91 Å². The Bertz CT molecular complexity index is 738. The normalized spacial score (nSPS) is 9.76. The molecule has 0 aromatic heterocycles. The molecule has 0 saturated heterocycles. The largest absolute Gasteiger partial charge is 0.497 e. The molecule has 0 bridgehead atoms. The minimum atomic E-state index is -0.322. The van der Waals surface area contributed by atoms with Crippen LogP contribution in [0.2, 0.25) is 0 Å². The lowest BCUT2D eigenvalue weighted by atomic mass is 10.1. The van der Waals surface area contributed by atoms with Crippen LogP contribution in [0.1, 0.15) is 15.9 Å². The average Bonchev–Trinajstić information content (AvgIpc) is 2.49. The Hall–Kier alpha value is -2.52. The van der Waals surface area contributed by atoms with E-state index in [2.05, 4.69) is 21.2 Å². The number of amides is 1. The van der Waals surface area contributed by atoms with Crippen molar-refractivity contribution in [2.24, 2.45) is 0 Å². The number of rotatable bonds is 3. The lowest BCUT2D eigenvalue weighted by Gasteiger charge is -2.10. The molecule has 0 radical (unpaired) electrons. The number of nitriles is 1. The molecule has 106 valence electrons. The first-order valence-electron chi connectivity index (χ1n) is 5.99. The summed E-state index contributed by atoms with van der Waals surface area (Å²) < 4.78 is 5.75. The number of nitrogens with two attached hydrogens (primary N) is 1. The lowest BCUT2D eigenvalue weighted by molar-refractivity contribution is 0.102. The van der Waals surface area contributed by atoms with Gasteiger partial charge in [0.1, 0.15) is 5.75 Å². The number of nitrogen functional groups attached to an aromatic ring is 1. The molecule has 21 heavy (non-hydrogen) atoms. The van der Waals surface area contributed by atoms with Crippen LogP contribution in [0.4, 0.5) is 11.4 Å². The smallest absolute Gasteiger partial charge is 0.257 e. The monoisotopic (exact) mass is 345 g/mol. The van der Waals surface area contributed by atoms with Crippen molar-refractivity contribution in [3.8, 4) is 11.8 Å². The van der Waals surface area contributed by atoms with Crippen LogP contribution in [-0.2, 0) is 0 Å². The first kappa shape index (κ1) is 14.9. The number of hydrogen-bond donors (Lipinski definition) is 2. The molecular weight excluding hydrogens is 334 g/mol. The zero-order valence-electron chi connectivity index (χ0n) is 11.2. The molecule has 0 heterocycles. The number of methoxy groups -OCH3 is 1. The SMILES string of the molecule is COc1ccc(Br)c(C(=O)Nc2ccc(C#N)cc2N)c1. The first-order valence-corrected chi connectivity index (χ1v) is 6.79. The number of carbonyl (C=O) groups is 1. The van der Waals surface area contributed by atoms with Crippen LogP contribution in [-0.4, -0.2) is 13.0 Å². The first-order chi connectivity index (χ1) is 10.0. The second-order valence-electron chi connectivity index (χ2n) is 4.21. The highest BCUT2D eigenvalue weighted by molar-refractivity contribution is 9.10. The van der Waals surface area contributed by atoms with Gasteiger partial charge in [0.2, 0.25) is 0 Å². The standard InChI is InChI=1S/C15H12BrN3O2/c1-21-10-3-4-12(16)11(7-10)15(20)19-14-5-2-9(8-17)6-13(14)18/h2-7H,18H2,1H3,(H,19,20). The number of carbonyl (C=O) groups excluding carboxylic acids is 1. The highest BCUT2D eigenvalue weighted by Gasteiger charge is 2.13. The molecule has 0 unspecified atom stereocenters. The van der Waals surface area contributed by atoms with E-state index in [4.69, 9.17) is 15.7 Å². The van der Waals surface area contributed by atoms with Crippen LogP contribution in [0.25, 0.3) is 0 Å². The van der Waals surface area contributed by atoms with Gasteiger partial charge in [0.05, 0.1) is 35.7 Å². The van der Waals surface area contributed by atoms with Crippen molar-refractivity contribution in [2.45, 2.75) is 0 Å². The summed E-state index contributed by atoms with van der Waals surface area (Å²) in [5.41, 5.74) is 7.47. The van der Waals surface area contributed by atoms with E-state index < -0.39 is 0 Å². The summed E-state index contributed by atoms with van der Waals surface area (Å²) in [5.74, 6) is 0.258. The maximum absolute atomic E-state index is 12.3. The van der Waals surface area contributed by atoms with Gasteiger partial charge >= 0.3 is 0 Å². The second kappa shape index (κ2) is 6.29. The van der Waals surface area contributed by atoms with Crippen molar-refractivity contribution in [1.29, 1.82) is 5.26 Å². The van der Waals surface area contributed by atoms with Crippen LogP contribution >= 0.6 is 15.9 Å². The Morgan fingerprint density at radius 3 is 2.71 bits per heavy atom. The molecule has 0 aliphatic carbocycles. The Kier molecular flexibility index (Phi) is 4.45. The molecule has 6 heteroatoms. The fourth-order valence-electron chi connectivity index (χ4n) is 1.74. The van der Waals surface area contributed by atoms with Crippen molar-refractivity contribution < 1.29 is 9.53 Å². The maximum Gasteiger partial charge on any atom is 0.257 e. The van der Waals surface area contributed by atoms with Gasteiger partial charge in [-0.3, -0.25) is 4.79 Å². The summed E-state index contributed by atoms with van der Waals surface area (Å²) in [6, 6.07) is 11.8. The van der Waals surface area contributed by atoms with Gasteiger partial charge in [-0.2, -0.15) is 5.26 Å². The average molecular weight is 346 g/mol. The maximum atomic E-state index is 12.3. The van der Waals surface area contributed by atoms with Crippen LogP contribution in [0.3, 0.4) is 0 Å². The van der Waals surface area contributed by atoms with Crippen molar-refractivity contribution in [2.75, 3.05) is 18.2 Å². The van der Waals surface area contributed by atoms with Crippen molar-refractivity contribution >= 4 is 33.2 Å². The minimum absolute atomic E-state index is 0.322. The Balaban J connectivity index is 2.28. The molecule has 2 rings (SSSR count). The predicted octanol–water partition coefficient (Wildman–Crippen LogP) is 3.16. The molecular formula is C15H12BrN3O2. The lowest BCUT2D eigenvalue weighted by Crippen LogP contribution is -2.14. The Labute approximate surface area is 130 Å². The zero-order chi connectivity index (χ0) is 15.4. The second-order valence-corrected chi connectivity index (χ2v) is 5.07. The van der Waals surface area contributed by atoms with Crippen LogP contribution < -0.4 is 15.8 Å². The van der Waals surface area contributed by atoms with Gasteiger partial charge in [-0.1, -0.05) is 0 Å². The summed E-state index contributed by atoms with van der Waals surface area (Å²) in [7, 11) is 1.53. The molecule has 3 N–H and O–H groups in total. The fourth-order valence-corrected chi connectivity index (χ4v) is 2.17. The fraction of sp³-hybridized carbons (Fsp3) is 0.0667. The molecule has 0 aliphatic rings. The molecule has 0 aliphatic heterocycles. The molecule has 0 saturated carbocycles. The molecule has 0 atom stereocenters. The van der Waals surface area contributed by atoms with Gasteiger partial charge in [-0.05, 0) is 52.3 Å². The van der Waals surface area contributed by atoms with Crippen molar-refractivity contribution in [3.63, 3.8) is 0 Å². The van der Waals surface area contributed by atoms with E-state index in [1.807, 2.05) is 6.07 Å². The third-order valence-corrected chi connectivity index (χ3v) is 3.54. The Morgan fingerprint density at radius 2 is 2.10 bits per heavy atom. The highest BCUT2D eigenvalue weighted by atomic mass is 79.9. The molecule has 0 spiro atoms. The molecule has 0 fully saturated rings. The number of ether oxygens (including phenoxy) is 1. The minimum Gasteiger partial charge on any atom is -0.497 e. The summed E-state index contributed by atoms with van der Waals surface area (Å²) in [4.78, 5) is 12.3. The van der Waals surface area contributed by atoms with Crippen LogP contribution in [0, 0.1) is 11.3 Å². The van der Waals surface area contributed by atoms with Gasteiger partial charge < -0.3 is 15.8 Å². The van der Waals surface area contributed by atoms with Gasteiger partial charge in [-0.15, -0.1) is 0 Å². The number of nitrogens with zero attached hydrogens (tertiary/aromatic N) is 1. The van der Waals surface area contributed by atoms with E-state index in [0.29, 0.717) is 32.7 Å². The van der Waals surface area contributed by atoms with Crippen molar-refractivity contribution in [3.05, 3.63) is 52.0 Å². The predicted molar refractivity (Wildman–Crippen MR) is 84.2 cm³/mol. The van der Waals surface area contributed by atoms with E-state index in [-0.39, 0.29) is 5.91 Å². The number of hydrogen-bond acceptors (Lipinski definition) is 4. The van der Waals surface area contributed by atoms with E-state index in [9.17, 15) is 4.79 Å². The molecule has 2 aromatic carbocycles. The molecule has 1 amide bonds. The van der Waals surface area contributed by atoms with E-state index in [0.717, 1.165) is 0 Å². The van der Waals surface area contributed by atoms with Gasteiger partial charge in [-0.25, -0.2) is 0 Å². The summed E-state index contributed by atoms with van der Waals surface area (Å²) >= 11 is 3.32. The summed E-state index contributed by atoms with van der Waals surface area (Å²) in [6.07, 6.45) is 0. The van der Waals surface area contributed by atoms with Gasteiger partial charge in [0.15, 0.2) is 0 Å². The summed E-state index contributed by atoms with van der Waals surface area (Å²) in [5, 5.41) is 11.5. The molecule has 2 aromatic rings. The number of nitrogens with one attached hydrogen (secondary N) is 1. The number of benzene rings is 2.